The Labute approximate surface area is 116 Å². The molecule has 0 aliphatic rings. The zero-order chi connectivity index (χ0) is 13.9. The number of aromatic nitrogens is 1. The molecule has 3 aromatic rings. The maximum Gasteiger partial charge on any atom is 0.150 e. The number of carbonyl (C=O) groups excluding carboxylic acids is 1. The first-order valence-corrected chi connectivity index (χ1v) is 6.16. The monoisotopic (exact) mass is 258 g/mol. The van der Waals surface area contributed by atoms with Crippen molar-refractivity contribution in [3.05, 3.63) is 65.9 Å². The molecule has 0 unspecified atom stereocenters. The Bertz CT molecular complexity index is 830. The van der Waals surface area contributed by atoms with E-state index in [0.717, 1.165) is 28.3 Å². The minimum absolute atomic E-state index is 0.556. The Morgan fingerprint density at radius 2 is 1.75 bits per heavy atom. The lowest BCUT2D eigenvalue weighted by Crippen LogP contribution is -1.85. The molecule has 0 N–H and O–H groups in total. The Morgan fingerprint density at radius 1 is 1.00 bits per heavy atom. The standard InChI is InChI=1S/C17H10N2O/c18-9-13-7-16-6-5-15(8-17(16)19-10-13)14-3-1-12(11-20)2-4-14/h1-8,10-11H. The molecule has 0 aliphatic carbocycles. The van der Waals surface area contributed by atoms with Gasteiger partial charge >= 0.3 is 0 Å². The van der Waals surface area contributed by atoms with Crippen molar-refractivity contribution in [2.24, 2.45) is 0 Å². The summed E-state index contributed by atoms with van der Waals surface area (Å²) in [5.41, 5.74) is 4.13. The first-order valence-electron chi connectivity index (χ1n) is 6.16. The Morgan fingerprint density at radius 3 is 2.45 bits per heavy atom. The van der Waals surface area contributed by atoms with Gasteiger partial charge in [-0.25, -0.2) is 0 Å². The van der Waals surface area contributed by atoms with Gasteiger partial charge < -0.3 is 0 Å². The zero-order valence-electron chi connectivity index (χ0n) is 10.6. The van der Waals surface area contributed by atoms with Crippen LogP contribution in [0, 0.1) is 11.3 Å². The van der Waals surface area contributed by atoms with Crippen molar-refractivity contribution in [2.45, 2.75) is 0 Å². The predicted molar refractivity (Wildman–Crippen MR) is 77.3 cm³/mol. The predicted octanol–water partition coefficient (Wildman–Crippen LogP) is 3.59. The molecule has 3 heteroatoms. The van der Waals surface area contributed by atoms with Crippen molar-refractivity contribution in [2.75, 3.05) is 0 Å². The summed E-state index contributed by atoms with van der Waals surface area (Å²) in [7, 11) is 0. The highest BCUT2D eigenvalue weighted by Crippen LogP contribution is 2.24. The highest BCUT2D eigenvalue weighted by Gasteiger charge is 2.02. The first-order chi connectivity index (χ1) is 9.80. The number of nitriles is 1. The van der Waals surface area contributed by atoms with Crippen LogP contribution in [-0.4, -0.2) is 11.3 Å². The van der Waals surface area contributed by atoms with Gasteiger partial charge in [-0.2, -0.15) is 5.26 Å². The highest BCUT2D eigenvalue weighted by molar-refractivity contribution is 5.85. The number of hydrogen-bond donors (Lipinski definition) is 0. The molecule has 94 valence electrons. The lowest BCUT2D eigenvalue weighted by Gasteiger charge is -2.04. The largest absolute Gasteiger partial charge is 0.298 e. The zero-order valence-corrected chi connectivity index (χ0v) is 10.6. The van der Waals surface area contributed by atoms with Crippen LogP contribution in [0.25, 0.3) is 22.0 Å². The third-order valence-corrected chi connectivity index (χ3v) is 3.19. The Hall–Kier alpha value is -2.99. The summed E-state index contributed by atoms with van der Waals surface area (Å²) in [5, 5.41) is 9.80. The van der Waals surface area contributed by atoms with E-state index in [1.54, 1.807) is 18.3 Å². The van der Waals surface area contributed by atoms with Crippen molar-refractivity contribution < 1.29 is 4.79 Å². The Balaban J connectivity index is 2.08. The van der Waals surface area contributed by atoms with Gasteiger partial charge in [0.05, 0.1) is 11.1 Å². The number of hydrogen-bond acceptors (Lipinski definition) is 3. The highest BCUT2D eigenvalue weighted by atomic mass is 16.1. The summed E-state index contributed by atoms with van der Waals surface area (Å²) < 4.78 is 0. The number of nitrogens with zero attached hydrogens (tertiary/aromatic N) is 2. The SMILES string of the molecule is N#Cc1cnc2cc(-c3ccc(C=O)cc3)ccc2c1. The topological polar surface area (TPSA) is 53.8 Å². The summed E-state index contributed by atoms with van der Waals surface area (Å²) in [6.07, 6.45) is 2.40. The summed E-state index contributed by atoms with van der Waals surface area (Å²) in [5.74, 6) is 0. The van der Waals surface area contributed by atoms with E-state index >= 15 is 0 Å². The molecule has 0 saturated carbocycles. The smallest absolute Gasteiger partial charge is 0.150 e. The lowest BCUT2D eigenvalue weighted by atomic mass is 10.0. The molecular weight excluding hydrogens is 248 g/mol. The molecule has 0 aliphatic heterocycles. The molecule has 0 spiro atoms. The molecule has 0 radical (unpaired) electrons. The summed E-state index contributed by atoms with van der Waals surface area (Å²) in [4.78, 5) is 14.9. The molecule has 0 amide bonds. The van der Waals surface area contributed by atoms with Crippen molar-refractivity contribution in [3.8, 4) is 17.2 Å². The minimum Gasteiger partial charge on any atom is -0.298 e. The maximum absolute atomic E-state index is 10.7. The van der Waals surface area contributed by atoms with E-state index in [1.807, 2.05) is 36.4 Å². The average molecular weight is 258 g/mol. The van der Waals surface area contributed by atoms with Crippen LogP contribution in [0.15, 0.2) is 54.7 Å². The Kier molecular flexibility index (Phi) is 2.98. The van der Waals surface area contributed by atoms with Gasteiger partial charge in [0.25, 0.3) is 0 Å². The van der Waals surface area contributed by atoms with Crippen molar-refractivity contribution in [1.29, 1.82) is 5.26 Å². The number of benzene rings is 2. The molecule has 3 nitrogen and oxygen atoms in total. The normalized spacial score (nSPS) is 10.2. The molecule has 3 rings (SSSR count). The van der Waals surface area contributed by atoms with Crippen LogP contribution in [0.2, 0.25) is 0 Å². The fraction of sp³-hybridized carbons (Fsp3) is 0. The number of fused-ring (bicyclic) bond motifs is 1. The summed E-state index contributed by atoms with van der Waals surface area (Å²) in [6.45, 7) is 0. The number of pyridine rings is 1. The van der Waals surface area contributed by atoms with Crippen LogP contribution in [0.3, 0.4) is 0 Å². The number of rotatable bonds is 2. The number of aldehydes is 1. The minimum atomic E-state index is 0.556. The van der Waals surface area contributed by atoms with Gasteiger partial charge in [0.1, 0.15) is 12.4 Å². The van der Waals surface area contributed by atoms with Crippen molar-refractivity contribution in [3.63, 3.8) is 0 Å². The van der Waals surface area contributed by atoms with E-state index in [1.165, 1.54) is 0 Å². The van der Waals surface area contributed by atoms with Gasteiger partial charge in [0.2, 0.25) is 0 Å². The number of carbonyl (C=O) groups is 1. The third-order valence-electron chi connectivity index (χ3n) is 3.19. The fourth-order valence-corrected chi connectivity index (χ4v) is 2.12. The van der Waals surface area contributed by atoms with E-state index in [4.69, 9.17) is 5.26 Å². The third kappa shape index (κ3) is 2.15. The van der Waals surface area contributed by atoms with E-state index in [0.29, 0.717) is 11.1 Å². The van der Waals surface area contributed by atoms with Crippen molar-refractivity contribution in [1.82, 2.24) is 4.98 Å². The van der Waals surface area contributed by atoms with E-state index in [9.17, 15) is 4.79 Å². The molecule has 0 bridgehead atoms. The van der Waals surface area contributed by atoms with Crippen LogP contribution < -0.4 is 0 Å². The molecule has 0 saturated heterocycles. The second-order valence-electron chi connectivity index (χ2n) is 4.48. The average Bonchev–Trinajstić information content (AvgIpc) is 2.54. The lowest BCUT2D eigenvalue weighted by molar-refractivity contribution is 0.112. The van der Waals surface area contributed by atoms with Crippen LogP contribution in [0.1, 0.15) is 15.9 Å². The first kappa shape index (κ1) is 12.1. The second kappa shape index (κ2) is 4.94. The second-order valence-corrected chi connectivity index (χ2v) is 4.48. The summed E-state index contributed by atoms with van der Waals surface area (Å²) in [6, 6.07) is 17.2. The molecule has 2 aromatic carbocycles. The molecule has 1 heterocycles. The van der Waals surface area contributed by atoms with E-state index < -0.39 is 0 Å². The van der Waals surface area contributed by atoms with Gasteiger partial charge in [-0.3, -0.25) is 9.78 Å². The van der Waals surface area contributed by atoms with Crippen molar-refractivity contribution >= 4 is 17.2 Å². The molecule has 20 heavy (non-hydrogen) atoms. The quantitative estimate of drug-likeness (QED) is 0.660. The van der Waals surface area contributed by atoms with E-state index in [-0.39, 0.29) is 0 Å². The van der Waals surface area contributed by atoms with Crippen LogP contribution in [0.4, 0.5) is 0 Å². The summed E-state index contributed by atoms with van der Waals surface area (Å²) >= 11 is 0. The van der Waals surface area contributed by atoms with Crippen LogP contribution in [0.5, 0.6) is 0 Å². The van der Waals surface area contributed by atoms with Gasteiger partial charge in [-0.05, 0) is 23.3 Å². The molecular formula is C17H10N2O. The van der Waals surface area contributed by atoms with Gasteiger partial charge in [-0.1, -0.05) is 36.4 Å². The van der Waals surface area contributed by atoms with Crippen LogP contribution >= 0.6 is 0 Å². The maximum atomic E-state index is 10.7. The van der Waals surface area contributed by atoms with E-state index in [2.05, 4.69) is 11.1 Å². The van der Waals surface area contributed by atoms with Crippen LogP contribution in [-0.2, 0) is 0 Å². The molecule has 1 aromatic heterocycles. The van der Waals surface area contributed by atoms with Gasteiger partial charge in [-0.15, -0.1) is 0 Å². The fourth-order valence-electron chi connectivity index (χ4n) is 2.12. The molecule has 0 atom stereocenters. The van der Waals surface area contributed by atoms with Gasteiger partial charge in [0.15, 0.2) is 0 Å². The van der Waals surface area contributed by atoms with Gasteiger partial charge in [0, 0.05) is 17.1 Å². The molecule has 0 fully saturated rings.